The number of hydrogen-bond acceptors (Lipinski definition) is 16. The number of rotatable bonds is 24. The number of ether oxygens (including phenoxy) is 2. The Morgan fingerprint density at radius 2 is 0.591 bits per heavy atom. The molecule has 18 N–H and O–H groups in total. The van der Waals surface area contributed by atoms with Crippen LogP contribution < -0.4 is 34.4 Å². The van der Waals surface area contributed by atoms with Gasteiger partial charge in [0.25, 0.3) is 0 Å². The van der Waals surface area contributed by atoms with Gasteiger partial charge in [0.2, 0.25) is 0 Å². The van der Waals surface area contributed by atoms with E-state index < -0.39 is 0 Å². The van der Waals surface area contributed by atoms with E-state index in [2.05, 4.69) is 30.9 Å². The first kappa shape index (κ1) is 41.6. The summed E-state index contributed by atoms with van der Waals surface area (Å²) < 4.78 is 10.3. The average molecular weight is 639 g/mol. The van der Waals surface area contributed by atoms with E-state index in [0.29, 0.717) is 104 Å². The lowest BCUT2D eigenvalue weighted by Gasteiger charge is -2.27. The van der Waals surface area contributed by atoms with E-state index in [-0.39, 0.29) is 35.0 Å². The predicted molar refractivity (Wildman–Crippen MR) is 163 cm³/mol. The van der Waals surface area contributed by atoms with Crippen LogP contribution in [-0.4, -0.2) is 142 Å². The molecular formula is C22H50N14O8. The summed E-state index contributed by atoms with van der Waals surface area (Å²) in [5.41, 5.74) is 32.5. The molecule has 0 radical (unpaired) electrons. The molecule has 44 heavy (non-hydrogen) atoms. The first-order valence-corrected chi connectivity index (χ1v) is 13.4. The summed E-state index contributed by atoms with van der Waals surface area (Å²) >= 11 is 0. The smallest absolute Gasteiger partial charge is 0.141 e. The molecule has 0 aliphatic rings. The lowest BCUT2D eigenvalue weighted by atomic mass is 10.2. The number of nitrogens with zero attached hydrogens (tertiary/aromatic N) is 8. The summed E-state index contributed by atoms with van der Waals surface area (Å²) in [5, 5.41) is 68.6. The van der Waals surface area contributed by atoms with E-state index in [1.54, 1.807) is 0 Å². The average Bonchev–Trinajstić information content (AvgIpc) is 3.05. The fourth-order valence-electron chi connectivity index (χ4n) is 3.02. The molecule has 0 saturated carbocycles. The van der Waals surface area contributed by atoms with Crippen LogP contribution in [0.25, 0.3) is 0 Å². The molecule has 0 bridgehead atoms. The maximum Gasteiger partial charge on any atom is 0.141 e. The lowest BCUT2D eigenvalue weighted by Crippen LogP contribution is -2.40. The molecule has 0 amide bonds. The van der Waals surface area contributed by atoms with Gasteiger partial charge in [-0.25, -0.2) is 0 Å². The van der Waals surface area contributed by atoms with Crippen molar-refractivity contribution in [3.05, 3.63) is 0 Å². The zero-order chi connectivity index (χ0) is 33.6. The van der Waals surface area contributed by atoms with Crippen molar-refractivity contribution < 1.29 is 40.7 Å². The molecule has 0 aliphatic heterocycles. The van der Waals surface area contributed by atoms with Gasteiger partial charge in [-0.2, -0.15) is 0 Å². The molecule has 0 aromatic carbocycles. The van der Waals surface area contributed by atoms with E-state index in [0.717, 1.165) is 0 Å². The Bertz CT molecular complexity index is 801. The van der Waals surface area contributed by atoms with Crippen LogP contribution in [-0.2, 0) is 9.47 Å². The molecule has 0 unspecified atom stereocenters. The lowest BCUT2D eigenvalue weighted by molar-refractivity contribution is 0.0527. The molecule has 0 aromatic heterocycles. The van der Waals surface area contributed by atoms with Crippen molar-refractivity contribution >= 4 is 35.0 Å². The summed E-state index contributed by atoms with van der Waals surface area (Å²) in [4.78, 5) is 4.02. The van der Waals surface area contributed by atoms with Crippen molar-refractivity contribution in [2.45, 2.75) is 38.5 Å². The van der Waals surface area contributed by atoms with Crippen LogP contribution in [0.1, 0.15) is 38.5 Å². The first-order chi connectivity index (χ1) is 21.1. The molecule has 0 rings (SSSR count). The van der Waals surface area contributed by atoms with Gasteiger partial charge < -0.3 is 84.9 Å². The van der Waals surface area contributed by atoms with Crippen molar-refractivity contribution in [2.75, 3.05) is 65.7 Å². The van der Waals surface area contributed by atoms with Crippen LogP contribution >= 0.6 is 0 Å². The summed E-state index contributed by atoms with van der Waals surface area (Å²) in [6, 6.07) is 0. The van der Waals surface area contributed by atoms with Gasteiger partial charge in [0, 0.05) is 77.8 Å². The van der Waals surface area contributed by atoms with E-state index in [4.69, 9.17) is 75.1 Å². The Balaban J connectivity index is 0. The van der Waals surface area contributed by atoms with Gasteiger partial charge in [0.15, 0.2) is 0 Å². The molecule has 0 atom stereocenters. The summed E-state index contributed by atoms with van der Waals surface area (Å²) in [5.74, 6) is 0.670. The van der Waals surface area contributed by atoms with Crippen molar-refractivity contribution in [3.63, 3.8) is 0 Å². The summed E-state index contributed by atoms with van der Waals surface area (Å²) in [6.45, 7) is 4.76. The van der Waals surface area contributed by atoms with Crippen LogP contribution in [0.4, 0.5) is 0 Å². The third-order valence-electron chi connectivity index (χ3n) is 5.62. The molecule has 22 heteroatoms. The monoisotopic (exact) mass is 638 g/mol. The normalized spacial score (nSPS) is 13.8. The van der Waals surface area contributed by atoms with Gasteiger partial charge in [-0.05, 0) is 0 Å². The molecule has 22 nitrogen and oxygen atoms in total. The minimum absolute atomic E-state index is 0.101. The SMILES string of the molecule is N/C(CCN(CC/C(N)=N\O)CCN(CC/C(N)=N\O)CC/C(N)=N\O)=N/O.N/C(CCOCCOCC/C(N)=N\O)=N/O. The van der Waals surface area contributed by atoms with Gasteiger partial charge in [-0.3, -0.25) is 0 Å². The highest BCUT2D eigenvalue weighted by Gasteiger charge is 2.12. The van der Waals surface area contributed by atoms with Crippen LogP contribution in [0.5, 0.6) is 0 Å². The minimum atomic E-state index is 0.101. The second-order valence-corrected chi connectivity index (χ2v) is 8.96. The Morgan fingerprint density at radius 3 is 0.818 bits per heavy atom. The first-order valence-electron chi connectivity index (χ1n) is 13.4. The van der Waals surface area contributed by atoms with Crippen LogP contribution in [0, 0.1) is 0 Å². The van der Waals surface area contributed by atoms with E-state index in [1.807, 2.05) is 9.80 Å². The highest BCUT2D eigenvalue weighted by Crippen LogP contribution is 2.01. The highest BCUT2D eigenvalue weighted by molar-refractivity contribution is 5.81. The number of oxime groups is 6. The van der Waals surface area contributed by atoms with Crippen molar-refractivity contribution in [1.29, 1.82) is 0 Å². The second-order valence-electron chi connectivity index (χ2n) is 8.96. The summed E-state index contributed by atoms with van der Waals surface area (Å²) in [7, 11) is 0. The summed E-state index contributed by atoms with van der Waals surface area (Å²) in [6.07, 6.45) is 2.14. The second kappa shape index (κ2) is 28.6. The fourth-order valence-corrected chi connectivity index (χ4v) is 3.02. The maximum absolute atomic E-state index is 8.69. The van der Waals surface area contributed by atoms with Gasteiger partial charge >= 0.3 is 0 Å². The molecule has 0 fully saturated rings. The molecular weight excluding hydrogens is 588 g/mol. The van der Waals surface area contributed by atoms with Crippen LogP contribution in [0.15, 0.2) is 30.9 Å². The fraction of sp³-hybridized carbons (Fsp3) is 0.727. The van der Waals surface area contributed by atoms with Crippen molar-refractivity contribution in [2.24, 2.45) is 65.3 Å². The van der Waals surface area contributed by atoms with Crippen LogP contribution in [0.3, 0.4) is 0 Å². The molecule has 0 heterocycles. The number of amidine groups is 6. The Morgan fingerprint density at radius 1 is 0.364 bits per heavy atom. The standard InChI is InChI=1S/C14H32N10O4.C8H18N4O4/c15-11(19-25)1-5-23(6-2-12(16)20-26)9-10-24(7-3-13(17)21-27)8-4-14(18)22-28;9-7(11-13)1-3-15-5-6-16-4-2-8(10)12-14/h25-28H,1-10H2,(H2,15,19)(H2,16,20)(H2,17,21)(H2,18,22);13-14H,1-6H2,(H2,9,11)(H2,10,12). The Hall–Kier alpha value is -4.54. The molecule has 256 valence electrons. The maximum atomic E-state index is 8.69. The zero-order valence-electron chi connectivity index (χ0n) is 24.9. The third-order valence-corrected chi connectivity index (χ3v) is 5.62. The number of nitrogens with two attached hydrogens (primary N) is 6. The Labute approximate surface area is 255 Å². The van der Waals surface area contributed by atoms with Gasteiger partial charge in [-0.15, -0.1) is 0 Å². The quantitative estimate of drug-likeness (QED) is 0.0170. The zero-order valence-corrected chi connectivity index (χ0v) is 24.9. The van der Waals surface area contributed by atoms with E-state index in [1.165, 1.54) is 0 Å². The predicted octanol–water partition coefficient (Wildman–Crippen LogP) is -2.57. The molecule has 0 aliphatic carbocycles. The largest absolute Gasteiger partial charge is 0.409 e. The number of hydrogen-bond donors (Lipinski definition) is 12. The van der Waals surface area contributed by atoms with Gasteiger partial charge in [0.05, 0.1) is 26.4 Å². The van der Waals surface area contributed by atoms with Crippen molar-refractivity contribution in [3.8, 4) is 0 Å². The van der Waals surface area contributed by atoms with E-state index in [9.17, 15) is 0 Å². The Kier molecular flexibility index (Phi) is 27.0. The topological polar surface area (TPSA) is 377 Å². The molecule has 0 saturated heterocycles. The third kappa shape index (κ3) is 26.4. The van der Waals surface area contributed by atoms with Gasteiger partial charge in [-0.1, -0.05) is 30.9 Å². The van der Waals surface area contributed by atoms with Crippen LogP contribution in [0.2, 0.25) is 0 Å². The highest BCUT2D eigenvalue weighted by atomic mass is 16.5. The van der Waals surface area contributed by atoms with E-state index >= 15 is 0 Å². The minimum Gasteiger partial charge on any atom is -0.409 e. The van der Waals surface area contributed by atoms with Gasteiger partial charge in [0.1, 0.15) is 35.0 Å². The molecule has 0 spiro atoms. The molecule has 0 aromatic rings. The van der Waals surface area contributed by atoms with Crippen molar-refractivity contribution in [1.82, 2.24) is 9.80 Å².